The van der Waals surface area contributed by atoms with Crippen LogP contribution in [0.1, 0.15) is 12.5 Å². The van der Waals surface area contributed by atoms with E-state index < -0.39 is 5.97 Å². The first-order valence-electron chi connectivity index (χ1n) is 6.05. The lowest BCUT2D eigenvalue weighted by atomic mass is 10.0. The van der Waals surface area contributed by atoms with Crippen LogP contribution in [0.2, 0.25) is 0 Å². The Morgan fingerprint density at radius 1 is 1.40 bits per heavy atom. The highest BCUT2D eigenvalue weighted by molar-refractivity contribution is 9.10. The van der Waals surface area contributed by atoms with Crippen molar-refractivity contribution in [3.8, 4) is 0 Å². The summed E-state index contributed by atoms with van der Waals surface area (Å²) in [5.74, 6) is -0.658. The predicted molar refractivity (Wildman–Crippen MR) is 84.9 cm³/mol. The van der Waals surface area contributed by atoms with Crippen molar-refractivity contribution in [1.82, 2.24) is 0 Å². The van der Waals surface area contributed by atoms with Crippen LogP contribution in [0.15, 0.2) is 28.2 Å². The molecular formula is C14H13Br2NO3. The summed E-state index contributed by atoms with van der Waals surface area (Å²) in [6, 6.07) is 5.55. The monoisotopic (exact) mass is 401 g/mol. The number of hydrogen-bond acceptors (Lipinski definition) is 3. The molecule has 1 amide bonds. The van der Waals surface area contributed by atoms with Gasteiger partial charge in [-0.1, -0.05) is 31.9 Å². The average Bonchev–Trinajstić information content (AvgIpc) is 2.65. The molecule has 1 aliphatic rings. The van der Waals surface area contributed by atoms with Crippen molar-refractivity contribution in [1.29, 1.82) is 0 Å². The summed E-state index contributed by atoms with van der Waals surface area (Å²) in [5.41, 5.74) is 2.28. The van der Waals surface area contributed by atoms with Crippen molar-refractivity contribution in [3.63, 3.8) is 0 Å². The molecule has 4 nitrogen and oxygen atoms in total. The summed E-state index contributed by atoms with van der Waals surface area (Å²) in [4.78, 5) is 26.0. The molecule has 106 valence electrons. The summed E-state index contributed by atoms with van der Waals surface area (Å²) in [5, 5.41) is 0.271. The number of alkyl halides is 1. The molecule has 2 rings (SSSR count). The first kappa shape index (κ1) is 15.3. The fourth-order valence-electron chi connectivity index (χ4n) is 2.13. The number of hydrogen-bond donors (Lipinski definition) is 0. The number of likely N-dealkylation sites (N-methyl/N-ethyl adjacent to an activating group) is 1. The lowest BCUT2D eigenvalue weighted by Gasteiger charge is -2.09. The fourth-order valence-corrected chi connectivity index (χ4v) is 3.00. The van der Waals surface area contributed by atoms with Crippen molar-refractivity contribution in [2.24, 2.45) is 0 Å². The maximum Gasteiger partial charge on any atom is 0.335 e. The molecule has 0 radical (unpaired) electrons. The molecule has 6 heteroatoms. The number of anilines is 1. The van der Waals surface area contributed by atoms with E-state index in [1.807, 2.05) is 18.2 Å². The van der Waals surface area contributed by atoms with Gasteiger partial charge in [0, 0.05) is 22.4 Å². The normalized spacial score (nSPS) is 16.2. The van der Waals surface area contributed by atoms with Crippen molar-refractivity contribution >= 4 is 55.0 Å². The summed E-state index contributed by atoms with van der Waals surface area (Å²) in [7, 11) is 1.69. The highest BCUT2D eigenvalue weighted by Crippen LogP contribution is 2.39. The highest BCUT2D eigenvalue weighted by Gasteiger charge is 2.34. The number of benzene rings is 1. The van der Waals surface area contributed by atoms with E-state index in [4.69, 9.17) is 4.74 Å². The van der Waals surface area contributed by atoms with Crippen LogP contribution in [0, 0.1) is 0 Å². The third-order valence-electron chi connectivity index (χ3n) is 3.07. The number of amides is 1. The van der Waals surface area contributed by atoms with Crippen LogP contribution in [-0.4, -0.2) is 30.9 Å². The van der Waals surface area contributed by atoms with Crippen molar-refractivity contribution in [2.45, 2.75) is 6.92 Å². The maximum atomic E-state index is 12.4. The van der Waals surface area contributed by atoms with E-state index in [-0.39, 0.29) is 17.8 Å². The van der Waals surface area contributed by atoms with Crippen molar-refractivity contribution in [2.75, 3.05) is 23.9 Å². The molecule has 0 aliphatic carbocycles. The van der Waals surface area contributed by atoms with E-state index >= 15 is 0 Å². The van der Waals surface area contributed by atoms with Gasteiger partial charge in [-0.15, -0.1) is 0 Å². The van der Waals surface area contributed by atoms with Gasteiger partial charge in [0.25, 0.3) is 5.91 Å². The molecule has 1 aromatic rings. The maximum absolute atomic E-state index is 12.4. The first-order valence-corrected chi connectivity index (χ1v) is 7.96. The Morgan fingerprint density at radius 3 is 2.70 bits per heavy atom. The Hall–Kier alpha value is -1.14. The summed E-state index contributed by atoms with van der Waals surface area (Å²) < 4.78 is 5.88. The SMILES string of the molecule is CCOC(=O)/C(CBr)=C1\C(=O)N(C)c2ccc(Br)cc21. The van der Waals surface area contributed by atoms with Gasteiger partial charge in [0.2, 0.25) is 0 Å². The number of nitrogens with zero attached hydrogens (tertiary/aromatic N) is 1. The summed E-state index contributed by atoms with van der Waals surface area (Å²) >= 11 is 6.66. The lowest BCUT2D eigenvalue weighted by Crippen LogP contribution is -2.22. The van der Waals surface area contributed by atoms with Gasteiger partial charge in [-0.2, -0.15) is 0 Å². The standard InChI is InChI=1S/C14H13Br2NO3/c1-3-20-14(19)10(7-15)12-9-6-8(16)4-5-11(9)17(2)13(12)18/h4-6H,3,7H2,1-2H3/b12-10-. The zero-order valence-electron chi connectivity index (χ0n) is 11.1. The van der Waals surface area contributed by atoms with Crippen LogP contribution < -0.4 is 4.90 Å². The van der Waals surface area contributed by atoms with Crippen LogP contribution in [0.3, 0.4) is 0 Å². The number of carbonyl (C=O) groups excluding carboxylic acids is 2. The average molecular weight is 403 g/mol. The smallest absolute Gasteiger partial charge is 0.335 e. The van der Waals surface area contributed by atoms with Crippen LogP contribution in [0.4, 0.5) is 5.69 Å². The summed E-state index contributed by atoms with van der Waals surface area (Å²) in [6.45, 7) is 2.01. The minimum atomic E-state index is -0.464. The molecule has 0 fully saturated rings. The first-order chi connectivity index (χ1) is 9.51. The fraction of sp³-hybridized carbons (Fsp3) is 0.286. The van der Waals surface area contributed by atoms with Crippen LogP contribution in [-0.2, 0) is 14.3 Å². The van der Waals surface area contributed by atoms with Gasteiger partial charge in [-0.25, -0.2) is 4.79 Å². The Bertz CT molecular complexity index is 610. The third-order valence-corrected chi connectivity index (χ3v) is 4.12. The molecule has 0 bridgehead atoms. The molecule has 20 heavy (non-hydrogen) atoms. The molecule has 0 atom stereocenters. The number of fused-ring (bicyclic) bond motifs is 1. The number of ether oxygens (including phenoxy) is 1. The summed E-state index contributed by atoms with van der Waals surface area (Å²) in [6.07, 6.45) is 0. The van der Waals surface area contributed by atoms with Crippen LogP contribution in [0.5, 0.6) is 0 Å². The minimum Gasteiger partial charge on any atom is -0.463 e. The molecule has 0 saturated heterocycles. The molecule has 1 aliphatic heterocycles. The van der Waals surface area contributed by atoms with Gasteiger partial charge in [-0.3, -0.25) is 4.79 Å². The van der Waals surface area contributed by atoms with Gasteiger partial charge < -0.3 is 9.64 Å². The Balaban J connectivity index is 2.64. The van der Waals surface area contributed by atoms with E-state index in [0.29, 0.717) is 11.1 Å². The van der Waals surface area contributed by atoms with Crippen LogP contribution in [0.25, 0.3) is 5.57 Å². The van der Waals surface area contributed by atoms with E-state index in [0.717, 1.165) is 15.7 Å². The number of rotatable bonds is 3. The topological polar surface area (TPSA) is 46.6 Å². The molecule has 1 aromatic carbocycles. The molecule has 1 heterocycles. The second-order valence-electron chi connectivity index (χ2n) is 4.23. The Morgan fingerprint density at radius 2 is 2.10 bits per heavy atom. The van der Waals surface area contributed by atoms with Gasteiger partial charge >= 0.3 is 5.97 Å². The second kappa shape index (κ2) is 6.10. The van der Waals surface area contributed by atoms with E-state index in [9.17, 15) is 9.59 Å². The molecule has 0 saturated carbocycles. The minimum absolute atomic E-state index is 0.194. The van der Waals surface area contributed by atoms with Gasteiger partial charge in [0.05, 0.1) is 23.4 Å². The number of carbonyl (C=O) groups is 2. The van der Waals surface area contributed by atoms with E-state index in [2.05, 4.69) is 31.9 Å². The van der Waals surface area contributed by atoms with E-state index in [1.165, 1.54) is 0 Å². The third kappa shape index (κ3) is 2.54. The molecular weight excluding hydrogens is 390 g/mol. The number of halogens is 2. The van der Waals surface area contributed by atoms with Gasteiger partial charge in [-0.05, 0) is 25.1 Å². The Labute approximate surface area is 134 Å². The van der Waals surface area contributed by atoms with Crippen LogP contribution >= 0.6 is 31.9 Å². The highest BCUT2D eigenvalue weighted by atomic mass is 79.9. The van der Waals surface area contributed by atoms with E-state index in [1.54, 1.807) is 18.9 Å². The zero-order valence-corrected chi connectivity index (χ0v) is 14.2. The molecule has 0 N–H and O–H groups in total. The second-order valence-corrected chi connectivity index (χ2v) is 5.71. The Kier molecular flexibility index (Phi) is 4.65. The largest absolute Gasteiger partial charge is 0.463 e. The van der Waals surface area contributed by atoms with Gasteiger partial charge in [0.15, 0.2) is 0 Å². The predicted octanol–water partition coefficient (Wildman–Crippen LogP) is 3.14. The lowest BCUT2D eigenvalue weighted by molar-refractivity contribution is -0.138. The molecule has 0 aromatic heterocycles. The van der Waals surface area contributed by atoms with Crippen molar-refractivity contribution in [3.05, 3.63) is 33.8 Å². The van der Waals surface area contributed by atoms with Crippen molar-refractivity contribution < 1.29 is 14.3 Å². The van der Waals surface area contributed by atoms with Gasteiger partial charge in [0.1, 0.15) is 0 Å². The molecule has 0 unspecified atom stereocenters. The molecule has 0 spiro atoms. The number of esters is 1. The quantitative estimate of drug-likeness (QED) is 0.443. The zero-order chi connectivity index (χ0) is 14.9.